The molecule has 0 aliphatic rings. The lowest BCUT2D eigenvalue weighted by molar-refractivity contribution is 0.0520. The van der Waals surface area contributed by atoms with Gasteiger partial charge in [-0.15, -0.1) is 0 Å². The number of nitrogens with one attached hydrogen (secondary N) is 1. The van der Waals surface area contributed by atoms with E-state index in [9.17, 15) is 14.4 Å². The maximum absolute atomic E-state index is 12.2. The average molecular weight is 391 g/mol. The molecule has 150 valence electrons. The van der Waals surface area contributed by atoms with Crippen molar-refractivity contribution in [3.63, 3.8) is 0 Å². The van der Waals surface area contributed by atoms with E-state index in [1.165, 1.54) is 0 Å². The number of carbonyl (C=O) groups excluding carboxylic acids is 3. The first-order chi connectivity index (χ1) is 13.7. The summed E-state index contributed by atoms with van der Waals surface area (Å²) in [5.41, 5.74) is 2.11. The molecule has 0 atom stereocenters. The highest BCUT2D eigenvalue weighted by Crippen LogP contribution is 2.09. The maximum atomic E-state index is 12.2. The first-order valence-corrected chi connectivity index (χ1v) is 9.43. The number of ketones is 2. The summed E-state index contributed by atoms with van der Waals surface area (Å²) in [6, 6.07) is 14.0. The smallest absolute Gasteiger partial charge is 0.408 e. The number of rotatable bonds is 5. The molecule has 0 aliphatic carbocycles. The predicted molar refractivity (Wildman–Crippen MR) is 112 cm³/mol. The molecule has 0 bridgehead atoms. The van der Waals surface area contributed by atoms with Crippen LogP contribution in [0, 0.1) is 11.8 Å². The molecule has 5 heteroatoms. The van der Waals surface area contributed by atoms with Crippen LogP contribution in [0.2, 0.25) is 0 Å². The van der Waals surface area contributed by atoms with Crippen LogP contribution in [0.3, 0.4) is 0 Å². The Morgan fingerprint density at radius 2 is 1.28 bits per heavy atom. The second-order valence-electron chi connectivity index (χ2n) is 7.46. The number of alkyl carbamates (subject to hydrolysis) is 1. The summed E-state index contributed by atoms with van der Waals surface area (Å²) >= 11 is 0. The van der Waals surface area contributed by atoms with E-state index in [2.05, 4.69) is 17.2 Å². The number of amides is 1. The summed E-state index contributed by atoms with van der Waals surface area (Å²) < 4.78 is 5.10. The van der Waals surface area contributed by atoms with Gasteiger partial charge >= 0.3 is 6.09 Å². The summed E-state index contributed by atoms with van der Waals surface area (Å²) in [5.74, 6) is 5.95. The van der Waals surface area contributed by atoms with E-state index in [0.29, 0.717) is 17.5 Å². The highest BCUT2D eigenvalue weighted by Gasteiger charge is 2.16. The van der Waals surface area contributed by atoms with Crippen molar-refractivity contribution in [2.24, 2.45) is 0 Å². The Hall–Kier alpha value is -3.39. The maximum Gasteiger partial charge on any atom is 0.408 e. The van der Waals surface area contributed by atoms with Crippen molar-refractivity contribution in [2.75, 3.05) is 6.54 Å². The number of hydrogen-bond acceptors (Lipinski definition) is 4. The molecule has 0 saturated heterocycles. The first kappa shape index (κ1) is 21.9. The molecular weight excluding hydrogens is 366 g/mol. The second kappa shape index (κ2) is 9.70. The van der Waals surface area contributed by atoms with Crippen LogP contribution in [-0.4, -0.2) is 29.8 Å². The fourth-order valence-corrected chi connectivity index (χ4v) is 2.40. The van der Waals surface area contributed by atoms with Gasteiger partial charge < -0.3 is 10.1 Å². The molecule has 0 unspecified atom stereocenters. The molecule has 2 rings (SSSR count). The topological polar surface area (TPSA) is 72.5 Å². The van der Waals surface area contributed by atoms with E-state index in [-0.39, 0.29) is 18.1 Å². The zero-order valence-corrected chi connectivity index (χ0v) is 17.2. The van der Waals surface area contributed by atoms with Crippen molar-refractivity contribution < 1.29 is 19.1 Å². The molecule has 0 aliphatic heterocycles. The molecule has 0 fully saturated rings. The lowest BCUT2D eigenvalue weighted by atomic mass is 10.1. The van der Waals surface area contributed by atoms with Crippen molar-refractivity contribution >= 4 is 17.7 Å². The molecule has 0 aromatic heterocycles. The van der Waals surface area contributed by atoms with Gasteiger partial charge in [-0.25, -0.2) is 4.79 Å². The largest absolute Gasteiger partial charge is 0.444 e. The number of ether oxygens (including phenoxy) is 1. The van der Waals surface area contributed by atoms with Crippen molar-refractivity contribution in [1.29, 1.82) is 0 Å². The summed E-state index contributed by atoms with van der Waals surface area (Å²) in [7, 11) is 0. The molecule has 0 heterocycles. The zero-order valence-electron chi connectivity index (χ0n) is 17.2. The van der Waals surface area contributed by atoms with Gasteiger partial charge in [0.05, 0.1) is 6.54 Å². The van der Waals surface area contributed by atoms with E-state index >= 15 is 0 Å². The molecular formula is C24H25NO4. The Balaban J connectivity index is 1.95. The summed E-state index contributed by atoms with van der Waals surface area (Å²) in [6.45, 7) is 6.97. The molecule has 0 saturated carbocycles. The van der Waals surface area contributed by atoms with Gasteiger partial charge in [-0.2, -0.15) is 0 Å². The minimum absolute atomic E-state index is 0.103. The van der Waals surface area contributed by atoms with Gasteiger partial charge in [-0.3, -0.25) is 9.59 Å². The van der Waals surface area contributed by atoms with Gasteiger partial charge in [0, 0.05) is 28.7 Å². The normalized spacial score (nSPS) is 10.5. The Morgan fingerprint density at radius 3 is 1.69 bits per heavy atom. The lowest BCUT2D eigenvalue weighted by Gasteiger charge is -2.19. The predicted octanol–water partition coefficient (Wildman–Crippen LogP) is 4.39. The van der Waals surface area contributed by atoms with Gasteiger partial charge in [0.25, 0.3) is 0 Å². The number of hydrogen-bond donors (Lipinski definition) is 1. The molecule has 0 spiro atoms. The molecule has 1 N–H and O–H groups in total. The van der Waals surface area contributed by atoms with E-state index in [0.717, 1.165) is 11.1 Å². The summed E-state index contributed by atoms with van der Waals surface area (Å²) in [6.07, 6.45) is -0.149. The minimum atomic E-state index is -0.625. The van der Waals surface area contributed by atoms with E-state index in [1.54, 1.807) is 57.2 Å². The first-order valence-electron chi connectivity index (χ1n) is 9.43. The van der Waals surface area contributed by atoms with E-state index < -0.39 is 11.7 Å². The number of Topliss-reactive ketones (excluding diaryl/α,β-unsaturated/α-hetero) is 2. The van der Waals surface area contributed by atoms with Crippen LogP contribution in [0.15, 0.2) is 48.5 Å². The summed E-state index contributed by atoms with van der Waals surface area (Å²) in [4.78, 5) is 35.4. The molecule has 29 heavy (non-hydrogen) atoms. The van der Waals surface area contributed by atoms with Crippen LogP contribution in [0.1, 0.15) is 66.0 Å². The number of carbonyl (C=O) groups is 3. The lowest BCUT2D eigenvalue weighted by Crippen LogP contribution is -2.35. The van der Waals surface area contributed by atoms with Crippen molar-refractivity contribution in [3.8, 4) is 11.8 Å². The Labute approximate surface area is 171 Å². The Bertz CT molecular complexity index is 940. The third-order valence-corrected chi connectivity index (χ3v) is 3.88. The van der Waals surface area contributed by atoms with Crippen LogP contribution in [0.4, 0.5) is 4.79 Å². The molecule has 1 amide bonds. The third kappa shape index (κ3) is 7.27. The van der Waals surface area contributed by atoms with Gasteiger partial charge in [0.2, 0.25) is 0 Å². The van der Waals surface area contributed by atoms with Crippen molar-refractivity contribution in [3.05, 3.63) is 70.8 Å². The average Bonchev–Trinajstić information content (AvgIpc) is 2.69. The monoisotopic (exact) mass is 391 g/mol. The van der Waals surface area contributed by atoms with E-state index in [1.807, 2.05) is 19.1 Å². The van der Waals surface area contributed by atoms with Gasteiger partial charge in [-0.1, -0.05) is 43.0 Å². The second-order valence-corrected chi connectivity index (χ2v) is 7.46. The fraction of sp³-hybridized carbons (Fsp3) is 0.292. The minimum Gasteiger partial charge on any atom is -0.444 e. The van der Waals surface area contributed by atoms with Gasteiger partial charge in [0.1, 0.15) is 5.60 Å². The van der Waals surface area contributed by atoms with Crippen LogP contribution in [-0.2, 0) is 4.74 Å². The van der Waals surface area contributed by atoms with Crippen LogP contribution < -0.4 is 5.32 Å². The van der Waals surface area contributed by atoms with Crippen LogP contribution >= 0.6 is 0 Å². The number of benzene rings is 2. The standard InChI is InChI=1S/C24H25NO4/c1-5-21(26)19-12-8-17(9-13-19)6-7-18-10-14-20(15-11-18)22(27)16-25-23(28)29-24(2,3)4/h8-15H,5,16H2,1-4H3,(H,25,28). The third-order valence-electron chi connectivity index (χ3n) is 3.88. The fourth-order valence-electron chi connectivity index (χ4n) is 2.40. The van der Waals surface area contributed by atoms with Crippen LogP contribution in [0.25, 0.3) is 0 Å². The Morgan fingerprint density at radius 1 is 0.828 bits per heavy atom. The molecule has 2 aromatic carbocycles. The Kier molecular flexibility index (Phi) is 7.33. The van der Waals surface area contributed by atoms with Crippen LogP contribution in [0.5, 0.6) is 0 Å². The highest BCUT2D eigenvalue weighted by molar-refractivity contribution is 5.99. The highest BCUT2D eigenvalue weighted by atomic mass is 16.6. The SMILES string of the molecule is CCC(=O)c1ccc(C#Cc2ccc(C(=O)CNC(=O)OC(C)(C)C)cc2)cc1. The van der Waals surface area contributed by atoms with E-state index in [4.69, 9.17) is 4.74 Å². The van der Waals surface area contributed by atoms with Crippen molar-refractivity contribution in [2.45, 2.75) is 39.7 Å². The molecule has 0 radical (unpaired) electrons. The summed E-state index contributed by atoms with van der Waals surface area (Å²) in [5, 5.41) is 2.45. The van der Waals surface area contributed by atoms with Gasteiger partial charge in [0.15, 0.2) is 11.6 Å². The van der Waals surface area contributed by atoms with Crippen molar-refractivity contribution in [1.82, 2.24) is 5.32 Å². The molecule has 5 nitrogen and oxygen atoms in total. The zero-order chi connectivity index (χ0) is 21.4. The molecule has 2 aromatic rings. The quantitative estimate of drug-likeness (QED) is 0.606. The van der Waals surface area contributed by atoms with Gasteiger partial charge in [-0.05, 0) is 45.0 Å².